The van der Waals surface area contributed by atoms with Crippen LogP contribution in [0.15, 0.2) is 34.8 Å². The molecule has 2 nitrogen and oxygen atoms in total. The lowest BCUT2D eigenvalue weighted by Gasteiger charge is -2.09. The van der Waals surface area contributed by atoms with Gasteiger partial charge in [0.05, 0.1) is 17.0 Å². The van der Waals surface area contributed by atoms with Gasteiger partial charge in [0.1, 0.15) is 5.75 Å². The van der Waals surface area contributed by atoms with Crippen molar-refractivity contribution in [3.05, 3.63) is 50.1 Å². The second-order valence-corrected chi connectivity index (χ2v) is 6.02. The van der Waals surface area contributed by atoms with Gasteiger partial charge in [-0.25, -0.2) is 0 Å². The van der Waals surface area contributed by atoms with Gasteiger partial charge in [0.15, 0.2) is 0 Å². The molecule has 0 N–H and O–H groups in total. The van der Waals surface area contributed by atoms with E-state index in [4.69, 9.17) is 4.74 Å². The van der Waals surface area contributed by atoms with Crippen LogP contribution in [0, 0.1) is 6.92 Å². The van der Waals surface area contributed by atoms with Crippen molar-refractivity contribution in [3.63, 3.8) is 0 Å². The van der Waals surface area contributed by atoms with E-state index in [-0.39, 0.29) is 5.78 Å². The minimum atomic E-state index is 0.0119. The van der Waals surface area contributed by atoms with Gasteiger partial charge in [-0.3, -0.25) is 4.79 Å². The summed E-state index contributed by atoms with van der Waals surface area (Å²) in [5.41, 5.74) is 0.605. The van der Waals surface area contributed by atoms with Crippen LogP contribution < -0.4 is 4.74 Å². The van der Waals surface area contributed by atoms with E-state index >= 15 is 0 Å². The zero-order valence-electron chi connectivity index (χ0n) is 10.2. The van der Waals surface area contributed by atoms with Crippen molar-refractivity contribution in [1.29, 1.82) is 0 Å². The molecule has 0 aliphatic carbocycles. The summed E-state index contributed by atoms with van der Waals surface area (Å²) in [6.45, 7) is 4.45. The molecule has 94 valence electrons. The van der Waals surface area contributed by atoms with Gasteiger partial charge in [-0.2, -0.15) is 0 Å². The number of aryl methyl sites for hydroxylation is 1. The van der Waals surface area contributed by atoms with Gasteiger partial charge in [-0.1, -0.05) is 15.9 Å². The third-order valence-corrected chi connectivity index (χ3v) is 3.94. The molecule has 0 saturated heterocycles. The predicted octanol–water partition coefficient (Wildman–Crippen LogP) is 4.45. The third-order valence-electron chi connectivity index (χ3n) is 2.45. The molecule has 0 atom stereocenters. The molecule has 0 amide bonds. The van der Waals surface area contributed by atoms with Gasteiger partial charge in [-0.05, 0) is 44.2 Å². The Labute approximate surface area is 119 Å². The van der Waals surface area contributed by atoms with E-state index in [0.717, 1.165) is 14.2 Å². The first-order valence-electron chi connectivity index (χ1n) is 5.65. The Morgan fingerprint density at radius 3 is 2.72 bits per heavy atom. The molecule has 0 saturated carbocycles. The summed E-state index contributed by atoms with van der Waals surface area (Å²) in [6.07, 6.45) is 0. The predicted molar refractivity (Wildman–Crippen MR) is 77.8 cm³/mol. The van der Waals surface area contributed by atoms with Crippen LogP contribution in [-0.4, -0.2) is 12.4 Å². The van der Waals surface area contributed by atoms with Crippen molar-refractivity contribution < 1.29 is 9.53 Å². The van der Waals surface area contributed by atoms with Crippen molar-refractivity contribution in [2.24, 2.45) is 0 Å². The Morgan fingerprint density at radius 1 is 1.33 bits per heavy atom. The van der Waals surface area contributed by atoms with Gasteiger partial charge < -0.3 is 4.74 Å². The highest BCUT2D eigenvalue weighted by atomic mass is 79.9. The minimum absolute atomic E-state index is 0.0119. The van der Waals surface area contributed by atoms with Crippen LogP contribution in [0.2, 0.25) is 0 Å². The lowest BCUT2D eigenvalue weighted by molar-refractivity contribution is 0.103. The number of benzene rings is 1. The molecule has 2 aromatic rings. The van der Waals surface area contributed by atoms with E-state index in [9.17, 15) is 4.79 Å². The van der Waals surface area contributed by atoms with E-state index in [1.54, 1.807) is 0 Å². The van der Waals surface area contributed by atoms with Crippen molar-refractivity contribution in [1.82, 2.24) is 0 Å². The number of ether oxygens (including phenoxy) is 1. The third kappa shape index (κ3) is 2.82. The lowest BCUT2D eigenvalue weighted by Crippen LogP contribution is -2.04. The normalized spacial score (nSPS) is 10.4. The Kier molecular flexibility index (Phi) is 4.19. The molecule has 0 radical (unpaired) electrons. The van der Waals surface area contributed by atoms with Crippen LogP contribution in [0.5, 0.6) is 5.75 Å². The summed E-state index contributed by atoms with van der Waals surface area (Å²) >= 11 is 4.89. The summed E-state index contributed by atoms with van der Waals surface area (Å²) in [5.74, 6) is 0.648. The number of ketones is 1. The molecule has 1 heterocycles. The Balaban J connectivity index is 2.42. The molecule has 0 unspecified atom stereocenters. The van der Waals surface area contributed by atoms with Gasteiger partial charge in [0.2, 0.25) is 5.78 Å². The van der Waals surface area contributed by atoms with E-state index in [0.29, 0.717) is 17.9 Å². The molecular formula is C14H13BrO2S. The number of hydrogen-bond acceptors (Lipinski definition) is 3. The average Bonchev–Trinajstić information content (AvgIpc) is 2.77. The summed E-state index contributed by atoms with van der Waals surface area (Å²) in [6, 6.07) is 9.32. The molecular weight excluding hydrogens is 312 g/mol. The van der Waals surface area contributed by atoms with Gasteiger partial charge in [0.25, 0.3) is 0 Å². The van der Waals surface area contributed by atoms with Crippen LogP contribution in [0.25, 0.3) is 0 Å². The fourth-order valence-electron chi connectivity index (χ4n) is 1.65. The van der Waals surface area contributed by atoms with E-state index in [1.165, 1.54) is 11.3 Å². The summed E-state index contributed by atoms with van der Waals surface area (Å²) in [5, 5.41) is 0. The maximum atomic E-state index is 12.4. The topological polar surface area (TPSA) is 26.3 Å². The van der Waals surface area contributed by atoms with Crippen LogP contribution in [0.3, 0.4) is 0 Å². The van der Waals surface area contributed by atoms with Crippen LogP contribution >= 0.6 is 27.3 Å². The molecule has 2 rings (SSSR count). The van der Waals surface area contributed by atoms with Crippen molar-refractivity contribution in [2.45, 2.75) is 13.8 Å². The van der Waals surface area contributed by atoms with Gasteiger partial charge >= 0.3 is 0 Å². The second-order valence-electron chi connectivity index (χ2n) is 3.81. The maximum Gasteiger partial charge on any atom is 0.206 e. The smallest absolute Gasteiger partial charge is 0.206 e. The number of halogens is 1. The highest BCUT2D eigenvalue weighted by Gasteiger charge is 2.16. The number of carbonyl (C=O) groups excluding carboxylic acids is 1. The zero-order valence-corrected chi connectivity index (χ0v) is 12.6. The van der Waals surface area contributed by atoms with E-state index in [2.05, 4.69) is 15.9 Å². The summed E-state index contributed by atoms with van der Waals surface area (Å²) < 4.78 is 6.38. The van der Waals surface area contributed by atoms with Gasteiger partial charge in [-0.15, -0.1) is 11.3 Å². The lowest BCUT2D eigenvalue weighted by atomic mass is 10.1. The zero-order chi connectivity index (χ0) is 13.1. The molecule has 4 heteroatoms. The van der Waals surface area contributed by atoms with Crippen molar-refractivity contribution in [2.75, 3.05) is 6.61 Å². The largest absolute Gasteiger partial charge is 0.493 e. The molecule has 0 aliphatic rings. The number of thiophene rings is 1. The standard InChI is InChI=1S/C14H13BrO2S/c1-3-17-12-6-5-10(15)8-11(12)14(16)13-7-4-9(2)18-13/h4-8H,3H2,1-2H3. The maximum absolute atomic E-state index is 12.4. The van der Waals surface area contributed by atoms with Crippen LogP contribution in [0.4, 0.5) is 0 Å². The first-order valence-corrected chi connectivity index (χ1v) is 7.26. The fraction of sp³-hybridized carbons (Fsp3) is 0.214. The molecule has 1 aromatic heterocycles. The van der Waals surface area contributed by atoms with Gasteiger partial charge in [0, 0.05) is 9.35 Å². The number of rotatable bonds is 4. The molecule has 0 aliphatic heterocycles. The van der Waals surface area contributed by atoms with Crippen LogP contribution in [0.1, 0.15) is 27.0 Å². The molecule has 1 aromatic carbocycles. The molecule has 0 spiro atoms. The summed E-state index contributed by atoms with van der Waals surface area (Å²) in [7, 11) is 0. The number of carbonyl (C=O) groups is 1. The Hall–Kier alpha value is -1.13. The molecule has 0 bridgehead atoms. The van der Waals surface area contributed by atoms with E-state index in [1.807, 2.05) is 44.2 Å². The van der Waals surface area contributed by atoms with E-state index < -0.39 is 0 Å². The Morgan fingerprint density at radius 2 is 2.11 bits per heavy atom. The van der Waals surface area contributed by atoms with Crippen molar-refractivity contribution >= 4 is 33.0 Å². The second kappa shape index (κ2) is 5.67. The number of hydrogen-bond donors (Lipinski definition) is 0. The monoisotopic (exact) mass is 324 g/mol. The SMILES string of the molecule is CCOc1ccc(Br)cc1C(=O)c1ccc(C)s1. The first-order chi connectivity index (χ1) is 8.61. The highest BCUT2D eigenvalue weighted by Crippen LogP contribution is 2.28. The van der Waals surface area contributed by atoms with Crippen LogP contribution in [-0.2, 0) is 0 Å². The molecule has 0 fully saturated rings. The fourth-order valence-corrected chi connectivity index (χ4v) is 2.83. The highest BCUT2D eigenvalue weighted by molar-refractivity contribution is 9.10. The summed E-state index contributed by atoms with van der Waals surface area (Å²) in [4.78, 5) is 14.3. The molecule has 18 heavy (non-hydrogen) atoms. The average molecular weight is 325 g/mol. The van der Waals surface area contributed by atoms with Crippen molar-refractivity contribution in [3.8, 4) is 5.75 Å². The first kappa shape index (κ1) is 13.3. The quantitative estimate of drug-likeness (QED) is 0.777. The Bertz CT molecular complexity index is 575. The minimum Gasteiger partial charge on any atom is -0.493 e.